The SMILES string of the molecule is C.CCOC(=O)C(Cc1ccc(NC(=O)c2c(Cl)cccc2Cl)cc1)NC(=O)c1c(C)cccc1Cl. The molecular weight excluding hydrogens is 523 g/mol. The zero-order valence-electron chi connectivity index (χ0n) is 19.0. The van der Waals surface area contributed by atoms with Crippen molar-refractivity contribution in [2.24, 2.45) is 0 Å². The molecule has 0 bridgehead atoms. The molecule has 1 atom stereocenters. The Balaban J connectivity index is 0.00000456. The smallest absolute Gasteiger partial charge is 0.328 e. The van der Waals surface area contributed by atoms with Crippen molar-refractivity contribution < 1.29 is 19.1 Å². The second kappa shape index (κ2) is 13.3. The van der Waals surface area contributed by atoms with E-state index in [9.17, 15) is 14.4 Å². The molecule has 0 aliphatic rings. The van der Waals surface area contributed by atoms with Gasteiger partial charge in [-0.25, -0.2) is 4.79 Å². The number of carbonyl (C=O) groups is 3. The summed E-state index contributed by atoms with van der Waals surface area (Å²) in [4.78, 5) is 38.0. The van der Waals surface area contributed by atoms with E-state index in [0.29, 0.717) is 21.8 Å². The van der Waals surface area contributed by atoms with Crippen LogP contribution in [0.15, 0.2) is 60.7 Å². The first-order chi connectivity index (χ1) is 16.7. The highest BCUT2D eigenvalue weighted by Gasteiger charge is 2.25. The highest BCUT2D eigenvalue weighted by atomic mass is 35.5. The number of esters is 1. The van der Waals surface area contributed by atoms with Crippen LogP contribution >= 0.6 is 34.8 Å². The molecular formula is C27H27Cl3N2O4. The van der Waals surface area contributed by atoms with E-state index in [1.54, 1.807) is 74.5 Å². The lowest BCUT2D eigenvalue weighted by Crippen LogP contribution is -2.43. The van der Waals surface area contributed by atoms with Crippen LogP contribution in [0.3, 0.4) is 0 Å². The van der Waals surface area contributed by atoms with E-state index in [0.717, 1.165) is 5.56 Å². The number of hydrogen-bond donors (Lipinski definition) is 2. The van der Waals surface area contributed by atoms with Gasteiger partial charge in [0.2, 0.25) is 0 Å². The Labute approximate surface area is 225 Å². The monoisotopic (exact) mass is 548 g/mol. The molecule has 0 radical (unpaired) electrons. The summed E-state index contributed by atoms with van der Waals surface area (Å²) in [6.07, 6.45) is 0.179. The van der Waals surface area contributed by atoms with Gasteiger partial charge in [0.1, 0.15) is 6.04 Å². The highest BCUT2D eigenvalue weighted by Crippen LogP contribution is 2.25. The van der Waals surface area contributed by atoms with Crippen molar-refractivity contribution in [1.82, 2.24) is 5.32 Å². The maximum absolute atomic E-state index is 12.9. The fourth-order valence-electron chi connectivity index (χ4n) is 3.45. The molecule has 3 aromatic carbocycles. The molecule has 9 heteroatoms. The third kappa shape index (κ3) is 7.23. The Hall–Kier alpha value is -3.06. The minimum atomic E-state index is -0.930. The second-order valence-electron chi connectivity index (χ2n) is 7.66. The van der Waals surface area contributed by atoms with Gasteiger partial charge in [0, 0.05) is 12.1 Å². The number of hydrogen-bond acceptors (Lipinski definition) is 4. The summed E-state index contributed by atoms with van der Waals surface area (Å²) in [7, 11) is 0. The van der Waals surface area contributed by atoms with E-state index in [1.165, 1.54) is 0 Å². The molecule has 0 saturated carbocycles. The fourth-order valence-corrected chi connectivity index (χ4v) is 4.33. The van der Waals surface area contributed by atoms with Gasteiger partial charge in [-0.1, -0.05) is 72.6 Å². The number of ether oxygens (including phenoxy) is 1. The van der Waals surface area contributed by atoms with Crippen LogP contribution in [-0.4, -0.2) is 30.4 Å². The van der Waals surface area contributed by atoms with Crippen molar-refractivity contribution >= 4 is 58.3 Å². The van der Waals surface area contributed by atoms with Gasteiger partial charge >= 0.3 is 5.97 Å². The van der Waals surface area contributed by atoms with E-state index in [2.05, 4.69) is 10.6 Å². The van der Waals surface area contributed by atoms with E-state index >= 15 is 0 Å². The van der Waals surface area contributed by atoms with Crippen molar-refractivity contribution in [3.05, 3.63) is 98.0 Å². The number of halogens is 3. The maximum atomic E-state index is 12.9. The number of benzene rings is 3. The Morgan fingerprint density at radius 2 is 1.39 bits per heavy atom. The summed E-state index contributed by atoms with van der Waals surface area (Å²) in [5.74, 6) is -1.47. The van der Waals surface area contributed by atoms with Crippen molar-refractivity contribution in [3.63, 3.8) is 0 Å². The van der Waals surface area contributed by atoms with Crippen molar-refractivity contribution in [2.45, 2.75) is 33.7 Å². The van der Waals surface area contributed by atoms with Gasteiger partial charge in [-0.15, -0.1) is 0 Å². The van der Waals surface area contributed by atoms with Crippen molar-refractivity contribution in [3.8, 4) is 0 Å². The number of aryl methyl sites for hydroxylation is 1. The van der Waals surface area contributed by atoms with Crippen LogP contribution in [0.1, 0.15) is 46.2 Å². The summed E-state index contributed by atoms with van der Waals surface area (Å²) >= 11 is 18.4. The molecule has 0 heterocycles. The van der Waals surface area contributed by atoms with Gasteiger partial charge < -0.3 is 15.4 Å². The minimum absolute atomic E-state index is 0. The number of anilines is 1. The topological polar surface area (TPSA) is 84.5 Å². The first kappa shape index (κ1) is 29.2. The number of rotatable bonds is 8. The van der Waals surface area contributed by atoms with Gasteiger partial charge in [-0.05, 0) is 55.3 Å². The first-order valence-electron chi connectivity index (χ1n) is 10.8. The minimum Gasteiger partial charge on any atom is -0.464 e. The lowest BCUT2D eigenvalue weighted by Gasteiger charge is -2.19. The quantitative estimate of drug-likeness (QED) is 0.305. The molecule has 0 saturated heterocycles. The summed E-state index contributed by atoms with van der Waals surface area (Å²) in [6, 6.07) is 15.9. The van der Waals surface area contributed by atoms with E-state index in [-0.39, 0.29) is 36.1 Å². The van der Waals surface area contributed by atoms with Gasteiger partial charge in [-0.3, -0.25) is 9.59 Å². The van der Waals surface area contributed by atoms with E-state index in [4.69, 9.17) is 39.5 Å². The fraction of sp³-hybridized carbons (Fsp3) is 0.222. The van der Waals surface area contributed by atoms with Crippen LogP contribution < -0.4 is 10.6 Å². The van der Waals surface area contributed by atoms with Gasteiger partial charge in [-0.2, -0.15) is 0 Å². The van der Waals surface area contributed by atoms with Crippen LogP contribution in [0, 0.1) is 6.92 Å². The maximum Gasteiger partial charge on any atom is 0.328 e. The Morgan fingerprint density at radius 1 is 0.833 bits per heavy atom. The summed E-state index contributed by atoms with van der Waals surface area (Å²) < 4.78 is 5.15. The lowest BCUT2D eigenvalue weighted by molar-refractivity contribution is -0.145. The third-order valence-corrected chi connectivity index (χ3v) is 6.11. The molecule has 2 N–H and O–H groups in total. The molecule has 3 rings (SSSR count). The predicted molar refractivity (Wildman–Crippen MR) is 145 cm³/mol. The highest BCUT2D eigenvalue weighted by molar-refractivity contribution is 6.40. The predicted octanol–water partition coefficient (Wildman–Crippen LogP) is 6.75. The Kier molecular flexibility index (Phi) is 10.8. The molecule has 0 spiro atoms. The van der Waals surface area contributed by atoms with Gasteiger partial charge in [0.15, 0.2) is 0 Å². The molecule has 0 fully saturated rings. The average molecular weight is 550 g/mol. The largest absolute Gasteiger partial charge is 0.464 e. The molecule has 6 nitrogen and oxygen atoms in total. The number of amides is 2. The lowest BCUT2D eigenvalue weighted by atomic mass is 10.0. The summed E-state index contributed by atoms with van der Waals surface area (Å²) in [5, 5.41) is 6.26. The Morgan fingerprint density at radius 3 is 1.94 bits per heavy atom. The standard InChI is InChI=1S/C26H23Cl3N2O4.CH4/c1-3-35-26(34)21(31-24(32)22-15(2)6-4-7-18(22)27)14-16-10-12-17(13-11-16)30-25(33)23-19(28)8-5-9-20(23)29;/h4-13,21H,3,14H2,1-2H3,(H,30,33)(H,31,32);1H4. The normalized spacial score (nSPS) is 11.1. The third-order valence-electron chi connectivity index (χ3n) is 5.17. The van der Waals surface area contributed by atoms with Crippen LogP contribution in [0.2, 0.25) is 15.1 Å². The second-order valence-corrected chi connectivity index (χ2v) is 8.88. The van der Waals surface area contributed by atoms with E-state index < -0.39 is 23.8 Å². The van der Waals surface area contributed by atoms with Gasteiger partial charge in [0.05, 0.1) is 32.8 Å². The molecule has 0 aliphatic carbocycles. The molecule has 0 aromatic heterocycles. The van der Waals surface area contributed by atoms with Crippen molar-refractivity contribution in [1.29, 1.82) is 0 Å². The number of nitrogens with one attached hydrogen (secondary N) is 2. The van der Waals surface area contributed by atoms with Crippen LogP contribution in [0.4, 0.5) is 5.69 Å². The molecule has 190 valence electrons. The van der Waals surface area contributed by atoms with Crippen LogP contribution in [0.25, 0.3) is 0 Å². The average Bonchev–Trinajstić information content (AvgIpc) is 2.80. The van der Waals surface area contributed by atoms with Crippen molar-refractivity contribution in [2.75, 3.05) is 11.9 Å². The molecule has 36 heavy (non-hydrogen) atoms. The number of carbonyl (C=O) groups excluding carboxylic acids is 3. The molecule has 0 aliphatic heterocycles. The summed E-state index contributed by atoms with van der Waals surface area (Å²) in [6.45, 7) is 3.63. The van der Waals surface area contributed by atoms with E-state index in [1.807, 2.05) is 0 Å². The summed E-state index contributed by atoms with van der Waals surface area (Å²) in [5.41, 5.74) is 2.43. The zero-order valence-corrected chi connectivity index (χ0v) is 21.3. The van der Waals surface area contributed by atoms with Crippen LogP contribution in [0.5, 0.6) is 0 Å². The zero-order chi connectivity index (χ0) is 25.5. The molecule has 2 amide bonds. The van der Waals surface area contributed by atoms with Gasteiger partial charge in [0.25, 0.3) is 11.8 Å². The first-order valence-corrected chi connectivity index (χ1v) is 11.9. The van der Waals surface area contributed by atoms with Crippen LogP contribution in [-0.2, 0) is 16.0 Å². The molecule has 3 aromatic rings. The molecule has 1 unspecified atom stereocenters. The Bertz CT molecular complexity index is 1210.